The normalized spacial score (nSPS) is 10.6. The molecule has 0 fully saturated rings. The van der Waals surface area contributed by atoms with E-state index in [0.29, 0.717) is 21.7 Å². The van der Waals surface area contributed by atoms with E-state index in [1.807, 2.05) is 0 Å². The van der Waals surface area contributed by atoms with E-state index in [9.17, 15) is 4.39 Å². The largest absolute Gasteiger partial charge is 0.367 e. The zero-order chi connectivity index (χ0) is 11.0. The molecule has 2 rings (SSSR count). The molecule has 0 aliphatic rings. The van der Waals surface area contributed by atoms with Gasteiger partial charge in [0.05, 0.1) is 11.8 Å². The van der Waals surface area contributed by atoms with Gasteiger partial charge in [0.1, 0.15) is 5.82 Å². The average molecular weight is 227 g/mol. The molecule has 3 nitrogen and oxygen atoms in total. The van der Waals surface area contributed by atoms with Gasteiger partial charge in [0.15, 0.2) is 0 Å². The summed E-state index contributed by atoms with van der Waals surface area (Å²) in [6.07, 6.45) is 1.36. The van der Waals surface area contributed by atoms with E-state index in [4.69, 9.17) is 17.3 Å². The summed E-state index contributed by atoms with van der Waals surface area (Å²) >= 11 is 5.83. The Kier molecular flexibility index (Phi) is 2.36. The molecule has 0 unspecified atom stereocenters. The molecule has 2 N–H and O–H groups in total. The molecular weight excluding hydrogens is 219 g/mol. The summed E-state index contributed by atoms with van der Waals surface area (Å²) in [5.41, 5.74) is 6.68. The second-order valence-electron chi connectivity index (χ2n) is 3.19. The number of benzene rings is 1. The lowest BCUT2D eigenvalue weighted by molar-refractivity contribution is 0.436. The van der Waals surface area contributed by atoms with Crippen LogP contribution < -0.4 is 5.73 Å². The molecule has 78 valence electrons. The van der Waals surface area contributed by atoms with Gasteiger partial charge >= 0.3 is 0 Å². The third-order valence-corrected chi connectivity index (χ3v) is 2.33. The quantitative estimate of drug-likeness (QED) is 0.813. The molecule has 0 aliphatic heterocycles. The van der Waals surface area contributed by atoms with Crippen LogP contribution in [0.3, 0.4) is 0 Å². The van der Waals surface area contributed by atoms with Crippen LogP contribution in [0.4, 0.5) is 10.3 Å². The van der Waals surface area contributed by atoms with Crippen LogP contribution in [0.1, 0.15) is 5.56 Å². The molecule has 5 heteroatoms. The summed E-state index contributed by atoms with van der Waals surface area (Å²) in [7, 11) is 0. The van der Waals surface area contributed by atoms with Gasteiger partial charge in [-0.05, 0) is 24.6 Å². The van der Waals surface area contributed by atoms with Crippen LogP contribution in [0.5, 0.6) is 0 Å². The highest BCUT2D eigenvalue weighted by molar-refractivity contribution is 6.31. The second kappa shape index (κ2) is 3.55. The Labute approximate surface area is 90.6 Å². The van der Waals surface area contributed by atoms with Crippen molar-refractivity contribution < 1.29 is 8.91 Å². The van der Waals surface area contributed by atoms with Crippen molar-refractivity contribution in [3.8, 4) is 11.1 Å². The molecular formula is C10H8ClFN2O. The van der Waals surface area contributed by atoms with Gasteiger partial charge in [0.25, 0.3) is 0 Å². The molecule has 0 saturated carbocycles. The summed E-state index contributed by atoms with van der Waals surface area (Å²) in [6, 6.07) is 3.04. The number of anilines is 1. The summed E-state index contributed by atoms with van der Waals surface area (Å²) in [6.45, 7) is 1.63. The van der Waals surface area contributed by atoms with Crippen molar-refractivity contribution in [1.29, 1.82) is 0 Å². The molecule has 0 radical (unpaired) electrons. The Morgan fingerprint density at radius 1 is 1.40 bits per heavy atom. The maximum absolute atomic E-state index is 13.7. The van der Waals surface area contributed by atoms with Gasteiger partial charge < -0.3 is 10.3 Å². The highest BCUT2D eigenvalue weighted by Crippen LogP contribution is 2.31. The zero-order valence-corrected chi connectivity index (χ0v) is 8.68. The van der Waals surface area contributed by atoms with Crippen molar-refractivity contribution in [1.82, 2.24) is 5.16 Å². The third kappa shape index (κ3) is 1.68. The Hall–Kier alpha value is -1.55. The minimum absolute atomic E-state index is 0.0792. The highest BCUT2D eigenvalue weighted by Gasteiger charge is 2.14. The maximum Gasteiger partial charge on any atom is 0.230 e. The SMILES string of the molecule is Cc1cc(Cl)cc(-c2cnoc2N)c1F. The number of nitrogens with zero attached hydrogens (tertiary/aromatic N) is 1. The van der Waals surface area contributed by atoms with Crippen molar-refractivity contribution in [2.75, 3.05) is 5.73 Å². The molecule has 0 atom stereocenters. The van der Waals surface area contributed by atoms with Crippen LogP contribution in [-0.2, 0) is 0 Å². The second-order valence-corrected chi connectivity index (χ2v) is 3.62. The summed E-state index contributed by atoms with van der Waals surface area (Å²) < 4.78 is 18.4. The van der Waals surface area contributed by atoms with Crippen molar-refractivity contribution >= 4 is 17.5 Å². The molecule has 2 aromatic rings. The highest BCUT2D eigenvalue weighted by atomic mass is 35.5. The number of hydrogen-bond donors (Lipinski definition) is 1. The van der Waals surface area contributed by atoms with E-state index in [-0.39, 0.29) is 11.7 Å². The van der Waals surface area contributed by atoms with E-state index in [0.717, 1.165) is 0 Å². The maximum atomic E-state index is 13.7. The molecule has 1 heterocycles. The molecule has 15 heavy (non-hydrogen) atoms. The van der Waals surface area contributed by atoms with Crippen molar-refractivity contribution in [2.45, 2.75) is 6.92 Å². The van der Waals surface area contributed by atoms with Crippen LogP contribution in [-0.4, -0.2) is 5.16 Å². The molecule has 1 aromatic heterocycles. The predicted octanol–water partition coefficient (Wildman–Crippen LogP) is 3.02. The molecule has 0 amide bonds. The summed E-state index contributed by atoms with van der Waals surface area (Å²) in [5, 5.41) is 3.94. The first kappa shape index (κ1) is 9.98. The molecule has 0 spiro atoms. The first-order valence-electron chi connectivity index (χ1n) is 4.25. The van der Waals surface area contributed by atoms with Crippen LogP contribution in [0.25, 0.3) is 11.1 Å². The lowest BCUT2D eigenvalue weighted by Crippen LogP contribution is -1.91. The van der Waals surface area contributed by atoms with E-state index < -0.39 is 0 Å². The van der Waals surface area contributed by atoms with Gasteiger partial charge in [0, 0.05) is 10.6 Å². The van der Waals surface area contributed by atoms with Crippen LogP contribution >= 0.6 is 11.6 Å². The fourth-order valence-electron chi connectivity index (χ4n) is 1.37. The first-order valence-corrected chi connectivity index (χ1v) is 4.63. The Bertz CT molecular complexity index is 510. The van der Waals surface area contributed by atoms with Gasteiger partial charge in [-0.25, -0.2) is 4.39 Å². The van der Waals surface area contributed by atoms with Crippen LogP contribution in [0.15, 0.2) is 22.9 Å². The van der Waals surface area contributed by atoms with Crippen molar-refractivity contribution in [3.63, 3.8) is 0 Å². The topological polar surface area (TPSA) is 52.0 Å². The average Bonchev–Trinajstić information content (AvgIpc) is 2.58. The number of aryl methyl sites for hydroxylation is 1. The fourth-order valence-corrected chi connectivity index (χ4v) is 1.65. The molecule has 1 aromatic carbocycles. The number of halogens is 2. The van der Waals surface area contributed by atoms with Gasteiger partial charge in [-0.3, -0.25) is 0 Å². The summed E-state index contributed by atoms with van der Waals surface area (Å²) in [4.78, 5) is 0. The number of hydrogen-bond acceptors (Lipinski definition) is 3. The van der Waals surface area contributed by atoms with Gasteiger partial charge in [-0.2, -0.15) is 0 Å². The van der Waals surface area contributed by atoms with Gasteiger partial charge in [0.2, 0.25) is 5.88 Å². The Morgan fingerprint density at radius 2 is 2.13 bits per heavy atom. The van der Waals surface area contributed by atoms with Crippen LogP contribution in [0, 0.1) is 12.7 Å². The van der Waals surface area contributed by atoms with Gasteiger partial charge in [-0.15, -0.1) is 0 Å². The Balaban J connectivity index is 2.68. The monoisotopic (exact) mass is 226 g/mol. The third-order valence-electron chi connectivity index (χ3n) is 2.11. The first-order chi connectivity index (χ1) is 7.09. The van der Waals surface area contributed by atoms with Crippen molar-refractivity contribution in [3.05, 3.63) is 34.7 Å². The number of nitrogen functional groups attached to an aromatic ring is 1. The molecule has 0 aliphatic carbocycles. The molecule has 0 saturated heterocycles. The lowest BCUT2D eigenvalue weighted by atomic mass is 10.1. The minimum Gasteiger partial charge on any atom is -0.367 e. The van der Waals surface area contributed by atoms with E-state index >= 15 is 0 Å². The minimum atomic E-state index is -0.366. The smallest absolute Gasteiger partial charge is 0.230 e. The standard InChI is InChI=1S/C10H8ClFN2O/c1-5-2-6(11)3-7(9(5)12)8-4-14-15-10(8)13/h2-4H,13H2,1H3. The lowest BCUT2D eigenvalue weighted by Gasteiger charge is -2.04. The van der Waals surface area contributed by atoms with Crippen molar-refractivity contribution in [2.24, 2.45) is 0 Å². The number of rotatable bonds is 1. The zero-order valence-electron chi connectivity index (χ0n) is 7.92. The summed E-state index contributed by atoms with van der Waals surface area (Å²) in [5.74, 6) is -0.287. The number of nitrogens with two attached hydrogens (primary N) is 1. The predicted molar refractivity (Wildman–Crippen MR) is 56.1 cm³/mol. The Morgan fingerprint density at radius 3 is 2.73 bits per heavy atom. The van der Waals surface area contributed by atoms with E-state index in [2.05, 4.69) is 9.68 Å². The van der Waals surface area contributed by atoms with Gasteiger partial charge in [-0.1, -0.05) is 16.8 Å². The molecule has 0 bridgehead atoms. The van der Waals surface area contributed by atoms with E-state index in [1.165, 1.54) is 12.3 Å². The fraction of sp³-hybridized carbons (Fsp3) is 0.100. The number of aromatic nitrogens is 1. The van der Waals surface area contributed by atoms with Crippen LogP contribution in [0.2, 0.25) is 5.02 Å². The van der Waals surface area contributed by atoms with E-state index in [1.54, 1.807) is 13.0 Å².